The number of pyridine rings is 1. The van der Waals surface area contributed by atoms with E-state index in [4.69, 9.17) is 5.11 Å². The maximum Gasteiger partial charge on any atom is 0.303 e. The lowest BCUT2D eigenvalue weighted by Crippen LogP contribution is -2.04. The molecule has 0 saturated heterocycles. The van der Waals surface area contributed by atoms with E-state index >= 15 is 0 Å². The largest absolute Gasteiger partial charge is 0.481 e. The predicted octanol–water partition coefficient (Wildman–Crippen LogP) is 1.31. The summed E-state index contributed by atoms with van der Waals surface area (Å²) in [5.74, 6) is -0.808. The Labute approximate surface area is 86.4 Å². The third-order valence-corrected chi connectivity index (χ3v) is 2.35. The Morgan fingerprint density at radius 1 is 1.60 bits per heavy atom. The highest BCUT2D eigenvalue weighted by Gasteiger charge is 2.10. The van der Waals surface area contributed by atoms with Gasteiger partial charge in [-0.3, -0.25) is 4.79 Å². The SMILES string of the molecule is CC(CC(=O)O)c1ccc2ncnn2c1. The van der Waals surface area contributed by atoms with Crippen LogP contribution in [0.1, 0.15) is 24.8 Å². The van der Waals surface area contributed by atoms with Crippen LogP contribution in [0.4, 0.5) is 0 Å². The molecule has 0 aromatic carbocycles. The van der Waals surface area contributed by atoms with Gasteiger partial charge in [-0.25, -0.2) is 9.50 Å². The van der Waals surface area contributed by atoms with E-state index in [0.29, 0.717) is 0 Å². The molecule has 0 bridgehead atoms. The van der Waals surface area contributed by atoms with Gasteiger partial charge in [0.1, 0.15) is 6.33 Å². The van der Waals surface area contributed by atoms with Crippen molar-refractivity contribution in [2.45, 2.75) is 19.3 Å². The molecule has 0 spiro atoms. The summed E-state index contributed by atoms with van der Waals surface area (Å²) in [6, 6.07) is 3.72. The van der Waals surface area contributed by atoms with Gasteiger partial charge >= 0.3 is 5.97 Å². The van der Waals surface area contributed by atoms with Crippen molar-refractivity contribution in [3.05, 3.63) is 30.2 Å². The number of aliphatic carboxylic acids is 1. The smallest absolute Gasteiger partial charge is 0.303 e. The van der Waals surface area contributed by atoms with Gasteiger partial charge in [-0.15, -0.1) is 0 Å². The van der Waals surface area contributed by atoms with Crippen molar-refractivity contribution in [2.75, 3.05) is 0 Å². The average molecular weight is 205 g/mol. The zero-order chi connectivity index (χ0) is 10.8. The van der Waals surface area contributed by atoms with Crippen LogP contribution in [0.5, 0.6) is 0 Å². The highest BCUT2D eigenvalue weighted by Crippen LogP contribution is 2.18. The highest BCUT2D eigenvalue weighted by atomic mass is 16.4. The molecule has 5 heteroatoms. The van der Waals surface area contributed by atoms with Crippen molar-refractivity contribution in [1.29, 1.82) is 0 Å². The first-order valence-electron chi connectivity index (χ1n) is 4.68. The molecular weight excluding hydrogens is 194 g/mol. The molecule has 0 aliphatic carbocycles. The monoisotopic (exact) mass is 205 g/mol. The zero-order valence-electron chi connectivity index (χ0n) is 8.29. The first-order valence-corrected chi connectivity index (χ1v) is 4.68. The minimum absolute atomic E-state index is 0.0175. The lowest BCUT2D eigenvalue weighted by atomic mass is 10.00. The van der Waals surface area contributed by atoms with E-state index in [1.807, 2.05) is 25.3 Å². The summed E-state index contributed by atoms with van der Waals surface area (Å²) >= 11 is 0. The molecule has 0 aliphatic heterocycles. The van der Waals surface area contributed by atoms with Crippen molar-refractivity contribution in [2.24, 2.45) is 0 Å². The number of hydrogen-bond donors (Lipinski definition) is 1. The number of carboxylic acids is 1. The van der Waals surface area contributed by atoms with Crippen LogP contribution in [0.2, 0.25) is 0 Å². The van der Waals surface area contributed by atoms with E-state index in [9.17, 15) is 4.79 Å². The van der Waals surface area contributed by atoms with Crippen molar-refractivity contribution in [1.82, 2.24) is 14.6 Å². The van der Waals surface area contributed by atoms with Crippen LogP contribution in [0.3, 0.4) is 0 Å². The summed E-state index contributed by atoms with van der Waals surface area (Å²) in [4.78, 5) is 14.6. The predicted molar refractivity (Wildman–Crippen MR) is 53.7 cm³/mol. The minimum Gasteiger partial charge on any atom is -0.481 e. The second-order valence-electron chi connectivity index (χ2n) is 3.52. The van der Waals surface area contributed by atoms with Crippen LogP contribution in [0.25, 0.3) is 5.65 Å². The molecule has 0 fully saturated rings. The molecule has 2 rings (SSSR count). The number of carboxylic acid groups (broad SMARTS) is 1. The maximum absolute atomic E-state index is 10.6. The Bertz CT molecular complexity index is 492. The first-order chi connectivity index (χ1) is 7.16. The standard InChI is InChI=1S/C10H11N3O2/c1-7(4-10(14)15)8-2-3-9-11-6-12-13(9)5-8/h2-3,5-7H,4H2,1H3,(H,14,15). The van der Waals surface area contributed by atoms with Gasteiger partial charge in [0, 0.05) is 6.20 Å². The van der Waals surface area contributed by atoms with E-state index in [1.165, 1.54) is 6.33 Å². The van der Waals surface area contributed by atoms with Gasteiger partial charge in [0.15, 0.2) is 5.65 Å². The van der Waals surface area contributed by atoms with Crippen LogP contribution in [0, 0.1) is 0 Å². The second-order valence-corrected chi connectivity index (χ2v) is 3.52. The van der Waals surface area contributed by atoms with Gasteiger partial charge < -0.3 is 5.11 Å². The summed E-state index contributed by atoms with van der Waals surface area (Å²) in [7, 11) is 0. The normalized spacial score (nSPS) is 12.9. The van der Waals surface area contributed by atoms with E-state index < -0.39 is 5.97 Å². The molecule has 5 nitrogen and oxygen atoms in total. The highest BCUT2D eigenvalue weighted by molar-refractivity contribution is 5.67. The van der Waals surface area contributed by atoms with Crippen molar-refractivity contribution in [3.8, 4) is 0 Å². The van der Waals surface area contributed by atoms with Crippen LogP contribution in [0.15, 0.2) is 24.7 Å². The van der Waals surface area contributed by atoms with Gasteiger partial charge in [-0.1, -0.05) is 13.0 Å². The van der Waals surface area contributed by atoms with Crippen LogP contribution < -0.4 is 0 Å². The summed E-state index contributed by atoms with van der Waals surface area (Å²) in [5.41, 5.74) is 1.72. The zero-order valence-corrected chi connectivity index (χ0v) is 8.29. The molecule has 0 aliphatic rings. The molecule has 0 amide bonds. The summed E-state index contributed by atoms with van der Waals surface area (Å²) < 4.78 is 1.65. The Morgan fingerprint density at radius 2 is 2.40 bits per heavy atom. The first kappa shape index (κ1) is 9.64. The summed E-state index contributed by atoms with van der Waals surface area (Å²) in [5, 5.41) is 12.7. The molecule has 2 aromatic rings. The Kier molecular flexibility index (Phi) is 2.37. The minimum atomic E-state index is -0.791. The fourth-order valence-electron chi connectivity index (χ4n) is 1.50. The van der Waals surface area contributed by atoms with Crippen molar-refractivity contribution >= 4 is 11.6 Å². The number of carbonyl (C=O) groups is 1. The maximum atomic E-state index is 10.6. The lowest BCUT2D eigenvalue weighted by molar-refractivity contribution is -0.137. The molecule has 78 valence electrons. The fourth-order valence-corrected chi connectivity index (χ4v) is 1.50. The Morgan fingerprint density at radius 3 is 3.13 bits per heavy atom. The van der Waals surface area contributed by atoms with Crippen molar-refractivity contribution < 1.29 is 9.90 Å². The molecule has 0 radical (unpaired) electrons. The van der Waals surface area contributed by atoms with Gasteiger partial charge in [-0.2, -0.15) is 5.10 Å². The van der Waals surface area contributed by atoms with E-state index in [2.05, 4.69) is 10.1 Å². The van der Waals surface area contributed by atoms with Crippen LogP contribution >= 0.6 is 0 Å². The number of nitrogens with zero attached hydrogens (tertiary/aromatic N) is 3. The van der Waals surface area contributed by atoms with E-state index in [1.54, 1.807) is 4.52 Å². The molecule has 15 heavy (non-hydrogen) atoms. The van der Waals surface area contributed by atoms with Gasteiger partial charge in [0.05, 0.1) is 6.42 Å². The third-order valence-electron chi connectivity index (χ3n) is 2.35. The Hall–Kier alpha value is -1.91. The molecular formula is C10H11N3O2. The van der Waals surface area contributed by atoms with Gasteiger partial charge in [-0.05, 0) is 17.5 Å². The fraction of sp³-hybridized carbons (Fsp3) is 0.300. The quantitative estimate of drug-likeness (QED) is 0.820. The topological polar surface area (TPSA) is 67.5 Å². The van der Waals surface area contributed by atoms with Crippen LogP contribution in [-0.4, -0.2) is 25.7 Å². The van der Waals surface area contributed by atoms with E-state index in [-0.39, 0.29) is 12.3 Å². The van der Waals surface area contributed by atoms with Crippen molar-refractivity contribution in [3.63, 3.8) is 0 Å². The second kappa shape index (κ2) is 3.68. The average Bonchev–Trinajstić information content (AvgIpc) is 2.62. The molecule has 1 atom stereocenters. The number of hydrogen-bond acceptors (Lipinski definition) is 3. The van der Waals surface area contributed by atoms with Crippen LogP contribution in [-0.2, 0) is 4.79 Å². The Balaban J connectivity index is 2.30. The summed E-state index contributed by atoms with van der Waals surface area (Å²) in [6.07, 6.45) is 3.41. The molecule has 0 saturated carbocycles. The molecule has 1 N–H and O–H groups in total. The lowest BCUT2D eigenvalue weighted by Gasteiger charge is -2.08. The number of fused-ring (bicyclic) bond motifs is 1. The third kappa shape index (κ3) is 1.96. The molecule has 1 unspecified atom stereocenters. The van der Waals surface area contributed by atoms with E-state index in [0.717, 1.165) is 11.2 Å². The molecule has 2 heterocycles. The summed E-state index contributed by atoms with van der Waals surface area (Å²) in [6.45, 7) is 1.88. The van der Waals surface area contributed by atoms with Gasteiger partial charge in [0.25, 0.3) is 0 Å². The number of rotatable bonds is 3. The van der Waals surface area contributed by atoms with Gasteiger partial charge in [0.2, 0.25) is 0 Å². The number of aromatic nitrogens is 3. The molecule has 2 aromatic heterocycles.